The van der Waals surface area contributed by atoms with Gasteiger partial charge in [-0.2, -0.15) is 0 Å². The van der Waals surface area contributed by atoms with Crippen LogP contribution in [0.3, 0.4) is 0 Å². The Morgan fingerprint density at radius 1 is 1.23 bits per heavy atom. The molecule has 1 aromatic rings. The Kier molecular flexibility index (Phi) is 6.45. The molecule has 0 spiro atoms. The van der Waals surface area contributed by atoms with Crippen molar-refractivity contribution >= 4 is 0 Å². The molecule has 1 heteroatoms. The highest BCUT2D eigenvalue weighted by molar-refractivity contribution is 5.26. The molecule has 0 N–H and O–H groups in total. The highest BCUT2D eigenvalue weighted by atomic mass is 16.5. The summed E-state index contributed by atoms with van der Waals surface area (Å²) in [6, 6.07) is 7.80. The van der Waals surface area contributed by atoms with Crippen molar-refractivity contribution in [3.63, 3.8) is 0 Å². The predicted molar refractivity (Wildman–Crippen MR) is 56.9 cm³/mol. The van der Waals surface area contributed by atoms with Crippen molar-refractivity contribution in [1.29, 1.82) is 0 Å². The zero-order valence-electron chi connectivity index (χ0n) is 8.50. The summed E-state index contributed by atoms with van der Waals surface area (Å²) in [6.07, 6.45) is 5.03. The third-order valence-electron chi connectivity index (χ3n) is 1.34. The molecular formula is C12H16O. The molecular weight excluding hydrogens is 160 g/mol. The monoisotopic (exact) mass is 176 g/mol. The lowest BCUT2D eigenvalue weighted by molar-refractivity contribution is 0.370. The van der Waals surface area contributed by atoms with Gasteiger partial charge < -0.3 is 4.74 Å². The quantitative estimate of drug-likeness (QED) is 0.629. The van der Waals surface area contributed by atoms with E-state index in [2.05, 4.69) is 5.92 Å². The lowest BCUT2D eigenvalue weighted by Gasteiger charge is -2.00. The Bertz CT molecular complexity index is 253. The van der Waals surface area contributed by atoms with E-state index in [1.807, 2.05) is 45.0 Å². The van der Waals surface area contributed by atoms with Crippen molar-refractivity contribution in [3.05, 3.63) is 29.8 Å². The molecule has 0 bridgehead atoms. The SMILES string of the molecule is C#CCOc1ccc(C)cc1.CC. The first kappa shape index (κ1) is 11.6. The molecule has 1 nitrogen and oxygen atoms in total. The predicted octanol–water partition coefficient (Wildman–Crippen LogP) is 3.03. The molecule has 0 atom stereocenters. The maximum atomic E-state index is 5.17. The van der Waals surface area contributed by atoms with Crippen LogP contribution in [0.25, 0.3) is 0 Å². The van der Waals surface area contributed by atoms with E-state index in [0.29, 0.717) is 6.61 Å². The van der Waals surface area contributed by atoms with Gasteiger partial charge in [-0.15, -0.1) is 6.42 Å². The zero-order chi connectivity index (χ0) is 10.1. The molecule has 0 aliphatic heterocycles. The van der Waals surface area contributed by atoms with Crippen LogP contribution >= 0.6 is 0 Å². The first-order valence-corrected chi connectivity index (χ1v) is 4.46. The number of aryl methyl sites for hydroxylation is 1. The van der Waals surface area contributed by atoms with Gasteiger partial charge in [0.15, 0.2) is 0 Å². The van der Waals surface area contributed by atoms with Crippen LogP contribution in [0.4, 0.5) is 0 Å². The number of benzene rings is 1. The standard InChI is InChI=1S/C10H10O.C2H6/c1-3-8-11-10-6-4-9(2)5-7-10;1-2/h1,4-7H,8H2,2H3;1-2H3. The number of ether oxygens (including phenoxy) is 1. The second-order valence-electron chi connectivity index (χ2n) is 2.31. The molecule has 1 rings (SSSR count). The maximum Gasteiger partial charge on any atom is 0.148 e. The second-order valence-corrected chi connectivity index (χ2v) is 2.31. The molecule has 0 saturated carbocycles. The van der Waals surface area contributed by atoms with Crippen LogP contribution in [-0.4, -0.2) is 6.61 Å². The van der Waals surface area contributed by atoms with Gasteiger partial charge in [0.05, 0.1) is 0 Å². The summed E-state index contributed by atoms with van der Waals surface area (Å²) in [5.74, 6) is 3.24. The molecule has 1 aromatic carbocycles. The fourth-order valence-corrected chi connectivity index (χ4v) is 0.759. The molecule has 0 aromatic heterocycles. The summed E-state index contributed by atoms with van der Waals surface area (Å²) >= 11 is 0. The van der Waals surface area contributed by atoms with Gasteiger partial charge in [-0.05, 0) is 19.1 Å². The number of terminal acetylenes is 1. The number of rotatable bonds is 2. The van der Waals surface area contributed by atoms with Crippen LogP contribution in [0.2, 0.25) is 0 Å². The molecule has 0 radical (unpaired) electrons. The molecule has 70 valence electrons. The van der Waals surface area contributed by atoms with E-state index in [0.717, 1.165) is 5.75 Å². The van der Waals surface area contributed by atoms with Gasteiger partial charge in [0.1, 0.15) is 12.4 Å². The largest absolute Gasteiger partial charge is 0.481 e. The van der Waals surface area contributed by atoms with E-state index in [1.165, 1.54) is 5.56 Å². The number of hydrogen-bond acceptors (Lipinski definition) is 1. The van der Waals surface area contributed by atoms with Gasteiger partial charge in [-0.25, -0.2) is 0 Å². The van der Waals surface area contributed by atoms with Crippen molar-refractivity contribution in [2.75, 3.05) is 6.61 Å². The van der Waals surface area contributed by atoms with Gasteiger partial charge in [0, 0.05) is 0 Å². The van der Waals surface area contributed by atoms with Crippen molar-refractivity contribution in [1.82, 2.24) is 0 Å². The van der Waals surface area contributed by atoms with E-state index in [9.17, 15) is 0 Å². The minimum Gasteiger partial charge on any atom is -0.481 e. The maximum absolute atomic E-state index is 5.17. The van der Waals surface area contributed by atoms with Gasteiger partial charge >= 0.3 is 0 Å². The first-order valence-electron chi connectivity index (χ1n) is 4.46. The highest BCUT2D eigenvalue weighted by Gasteiger charge is 1.88. The first-order chi connectivity index (χ1) is 6.33. The third kappa shape index (κ3) is 4.92. The van der Waals surface area contributed by atoms with Crippen LogP contribution in [0.5, 0.6) is 5.75 Å². The van der Waals surface area contributed by atoms with E-state index >= 15 is 0 Å². The summed E-state index contributed by atoms with van der Waals surface area (Å²) < 4.78 is 5.17. The zero-order valence-corrected chi connectivity index (χ0v) is 8.50. The van der Waals surface area contributed by atoms with Crippen molar-refractivity contribution in [2.45, 2.75) is 20.8 Å². The number of hydrogen-bond donors (Lipinski definition) is 0. The summed E-state index contributed by atoms with van der Waals surface area (Å²) in [7, 11) is 0. The molecule has 13 heavy (non-hydrogen) atoms. The average molecular weight is 176 g/mol. The van der Waals surface area contributed by atoms with Gasteiger partial charge in [-0.1, -0.05) is 37.5 Å². The average Bonchev–Trinajstić information content (AvgIpc) is 2.20. The minimum absolute atomic E-state index is 0.336. The summed E-state index contributed by atoms with van der Waals surface area (Å²) in [6.45, 7) is 6.37. The van der Waals surface area contributed by atoms with Gasteiger partial charge in [0.2, 0.25) is 0 Å². The summed E-state index contributed by atoms with van der Waals surface area (Å²) in [5.41, 5.74) is 1.22. The Labute approximate surface area is 80.7 Å². The molecule has 0 aliphatic carbocycles. The van der Waals surface area contributed by atoms with Crippen LogP contribution in [0, 0.1) is 19.3 Å². The van der Waals surface area contributed by atoms with Crippen molar-refractivity contribution in [3.8, 4) is 18.1 Å². The van der Waals surface area contributed by atoms with Crippen molar-refractivity contribution in [2.24, 2.45) is 0 Å². The highest BCUT2D eigenvalue weighted by Crippen LogP contribution is 2.10. The third-order valence-corrected chi connectivity index (χ3v) is 1.34. The minimum atomic E-state index is 0.336. The molecule has 0 fully saturated rings. The lowest BCUT2D eigenvalue weighted by Crippen LogP contribution is -1.92. The molecule has 0 heterocycles. The van der Waals surface area contributed by atoms with Gasteiger partial charge in [0.25, 0.3) is 0 Å². The Morgan fingerprint density at radius 2 is 1.77 bits per heavy atom. The molecule has 0 saturated heterocycles. The van der Waals surface area contributed by atoms with Crippen LogP contribution in [0.15, 0.2) is 24.3 Å². The lowest BCUT2D eigenvalue weighted by atomic mass is 10.2. The van der Waals surface area contributed by atoms with E-state index in [4.69, 9.17) is 11.2 Å². The summed E-state index contributed by atoms with van der Waals surface area (Å²) in [5, 5.41) is 0. The van der Waals surface area contributed by atoms with Crippen LogP contribution in [-0.2, 0) is 0 Å². The molecule has 0 unspecified atom stereocenters. The van der Waals surface area contributed by atoms with Gasteiger partial charge in [-0.3, -0.25) is 0 Å². The van der Waals surface area contributed by atoms with Crippen LogP contribution in [0.1, 0.15) is 19.4 Å². The normalized spacial score (nSPS) is 7.85. The second kappa shape index (κ2) is 7.24. The Balaban J connectivity index is 0.000000671. The van der Waals surface area contributed by atoms with Crippen molar-refractivity contribution < 1.29 is 4.74 Å². The Morgan fingerprint density at radius 3 is 2.23 bits per heavy atom. The molecule has 0 amide bonds. The molecule has 0 aliphatic rings. The van der Waals surface area contributed by atoms with E-state index in [1.54, 1.807) is 0 Å². The van der Waals surface area contributed by atoms with Crippen LogP contribution < -0.4 is 4.74 Å². The Hall–Kier alpha value is -1.42. The van der Waals surface area contributed by atoms with E-state index < -0.39 is 0 Å². The summed E-state index contributed by atoms with van der Waals surface area (Å²) in [4.78, 5) is 0. The fraction of sp³-hybridized carbons (Fsp3) is 0.333. The topological polar surface area (TPSA) is 9.23 Å². The smallest absolute Gasteiger partial charge is 0.148 e. The fourth-order valence-electron chi connectivity index (χ4n) is 0.759. The van der Waals surface area contributed by atoms with E-state index in [-0.39, 0.29) is 0 Å².